The second kappa shape index (κ2) is 15.6. The summed E-state index contributed by atoms with van der Waals surface area (Å²) in [6, 6.07) is 28.6. The van der Waals surface area contributed by atoms with E-state index in [0.717, 1.165) is 6.42 Å². The number of benzene rings is 4. The molecule has 48 heavy (non-hydrogen) atoms. The quantitative estimate of drug-likeness (QED) is 0.179. The van der Waals surface area contributed by atoms with Gasteiger partial charge < -0.3 is 24.8 Å². The first kappa shape index (κ1) is 40.6. The molecule has 5 aromatic carbocycles. The Morgan fingerprint density at radius 2 is 1.19 bits per heavy atom. The SMILES string of the molecule is Cc1cc([Si](C)(C)C)c2c(c1)[cH-]c1c(C3=CC=CC3)c(C)c([Si](C)(C)C)c([Si](C)(C)C)c12.[Cl-].[Cl-].[Zr+2]=[C](c1ccccc1)c1ccccc1. The van der Waals surface area contributed by atoms with Crippen molar-refractivity contribution in [3.63, 3.8) is 0 Å². The van der Waals surface area contributed by atoms with Crippen molar-refractivity contribution >= 4 is 70.1 Å². The van der Waals surface area contributed by atoms with Crippen LogP contribution in [-0.2, 0) is 24.2 Å². The van der Waals surface area contributed by atoms with E-state index in [0.29, 0.717) is 0 Å². The van der Waals surface area contributed by atoms with Crippen LogP contribution < -0.4 is 40.4 Å². The van der Waals surface area contributed by atoms with Gasteiger partial charge in [-0.25, -0.2) is 0 Å². The van der Waals surface area contributed by atoms with E-state index in [4.69, 9.17) is 0 Å². The molecule has 0 radical (unpaired) electrons. The molecule has 0 fully saturated rings. The fourth-order valence-corrected chi connectivity index (χ4v) is 16.2. The minimum atomic E-state index is -1.61. The average molecular weight is 802 g/mol. The van der Waals surface area contributed by atoms with Crippen molar-refractivity contribution in [2.45, 2.75) is 79.2 Å². The number of allylic oxidation sites excluding steroid dienone is 4. The van der Waals surface area contributed by atoms with E-state index in [2.05, 4.69) is 170 Å². The topological polar surface area (TPSA) is 0 Å². The van der Waals surface area contributed by atoms with Gasteiger partial charge in [0, 0.05) is 0 Å². The van der Waals surface area contributed by atoms with Crippen LogP contribution in [0.1, 0.15) is 34.2 Å². The number of halogens is 2. The molecule has 6 heteroatoms. The fraction of sp³-hybridized carbons (Fsp3) is 0.286. The molecule has 0 N–H and O–H groups in total. The van der Waals surface area contributed by atoms with Gasteiger partial charge in [0.05, 0.1) is 24.2 Å². The number of rotatable bonds is 6. The third kappa shape index (κ3) is 8.39. The van der Waals surface area contributed by atoms with Crippen molar-refractivity contribution in [1.29, 1.82) is 0 Å². The van der Waals surface area contributed by atoms with Crippen molar-refractivity contribution in [3.05, 3.63) is 125 Å². The molecule has 0 nitrogen and oxygen atoms in total. The Labute approximate surface area is 320 Å². The molecule has 0 aromatic heterocycles. The van der Waals surface area contributed by atoms with E-state index in [1.54, 1.807) is 37.5 Å². The van der Waals surface area contributed by atoms with E-state index < -0.39 is 24.2 Å². The van der Waals surface area contributed by atoms with Crippen LogP contribution in [0, 0.1) is 13.8 Å². The molecule has 250 valence electrons. The van der Waals surface area contributed by atoms with Gasteiger partial charge in [-0.15, -0.1) is 33.7 Å². The molecule has 5 aromatic rings. The monoisotopic (exact) mass is 799 g/mol. The van der Waals surface area contributed by atoms with Gasteiger partial charge in [0.15, 0.2) is 0 Å². The van der Waals surface area contributed by atoms with E-state index in [1.165, 1.54) is 60.5 Å². The van der Waals surface area contributed by atoms with E-state index in [-0.39, 0.29) is 24.8 Å². The molecule has 0 saturated heterocycles. The summed E-state index contributed by atoms with van der Waals surface area (Å²) in [4.78, 5) is 0. The van der Waals surface area contributed by atoms with Crippen molar-refractivity contribution < 1.29 is 49.0 Å². The minimum absolute atomic E-state index is 0. The third-order valence-corrected chi connectivity index (χ3v) is 17.0. The van der Waals surface area contributed by atoms with Gasteiger partial charge in [0.25, 0.3) is 0 Å². The van der Waals surface area contributed by atoms with Crippen LogP contribution in [0.5, 0.6) is 0 Å². The summed E-state index contributed by atoms with van der Waals surface area (Å²) in [5.41, 5.74) is 8.69. The molecule has 0 aliphatic heterocycles. The summed E-state index contributed by atoms with van der Waals surface area (Å²) >= 11 is 1.46. The van der Waals surface area contributed by atoms with Crippen molar-refractivity contribution in [1.82, 2.24) is 0 Å². The fourth-order valence-electron chi connectivity index (χ4n) is 7.37. The first-order chi connectivity index (χ1) is 21.5. The van der Waals surface area contributed by atoms with Crippen LogP contribution in [0.15, 0.2) is 97.1 Å². The normalized spacial score (nSPS) is 13.1. The van der Waals surface area contributed by atoms with Crippen molar-refractivity contribution in [2.24, 2.45) is 0 Å². The summed E-state index contributed by atoms with van der Waals surface area (Å²) in [6.45, 7) is 27.7. The summed E-state index contributed by atoms with van der Waals surface area (Å²) in [6.07, 6.45) is 8.00. The summed E-state index contributed by atoms with van der Waals surface area (Å²) in [5.74, 6) is 0. The van der Waals surface area contributed by atoms with Gasteiger partial charge in [-0.05, 0) is 20.3 Å². The van der Waals surface area contributed by atoms with Crippen LogP contribution in [0.2, 0.25) is 58.9 Å². The van der Waals surface area contributed by atoms with E-state index >= 15 is 0 Å². The summed E-state index contributed by atoms with van der Waals surface area (Å²) in [7, 11) is -4.69. The molecule has 0 atom stereocenters. The zero-order valence-corrected chi connectivity index (χ0v) is 37.7. The molecule has 0 unspecified atom stereocenters. The third-order valence-electron chi connectivity index (χ3n) is 9.18. The molecule has 0 spiro atoms. The number of hydrogen-bond acceptors (Lipinski definition) is 0. The van der Waals surface area contributed by atoms with Crippen LogP contribution >= 0.6 is 0 Å². The molecule has 6 rings (SSSR count). The summed E-state index contributed by atoms with van der Waals surface area (Å²) in [5, 5.41) is 11.4. The van der Waals surface area contributed by atoms with E-state index in [9.17, 15) is 0 Å². The zero-order chi connectivity index (χ0) is 33.6. The van der Waals surface area contributed by atoms with Gasteiger partial charge in [-0.3, -0.25) is 0 Å². The van der Waals surface area contributed by atoms with Gasteiger partial charge in [-0.2, -0.15) is 0 Å². The van der Waals surface area contributed by atoms with Crippen molar-refractivity contribution in [3.8, 4) is 0 Å². The first-order valence-electron chi connectivity index (χ1n) is 16.8. The standard InChI is InChI=1S/C29H41Si3.C13H10.2ClH.Zr/c1-19-16-22-18-23-25(21-14-12-13-15-21)20(2)28(31(6,7)8)29(32(9,10)11)27(23)26(22)24(17-19)30(3,4)5;1-3-7-12(8-4-1)11-13-9-5-2-6-10-13;;;/h12-14,16-18H,15H2,1-11H3;1-10H;2*1H;/q-1;;;;+2/p-2. The molecule has 1 aliphatic rings. The predicted molar refractivity (Wildman–Crippen MR) is 213 cm³/mol. The number of aryl methyl sites for hydroxylation is 1. The molecule has 0 amide bonds. The molecule has 0 heterocycles. The average Bonchev–Trinajstić information content (AvgIpc) is 3.63. The Kier molecular flexibility index (Phi) is 13.2. The van der Waals surface area contributed by atoms with Gasteiger partial charge in [-0.1, -0.05) is 121 Å². The van der Waals surface area contributed by atoms with Gasteiger partial charge in [0.1, 0.15) is 0 Å². The van der Waals surface area contributed by atoms with Crippen molar-refractivity contribution in [2.75, 3.05) is 0 Å². The van der Waals surface area contributed by atoms with E-state index in [1.807, 2.05) is 0 Å². The Hall–Kier alpha value is -1.79. The maximum atomic E-state index is 2.57. The van der Waals surface area contributed by atoms with Gasteiger partial charge in [0.2, 0.25) is 0 Å². The number of hydrogen-bond donors (Lipinski definition) is 0. The maximum absolute atomic E-state index is 2.57. The zero-order valence-electron chi connectivity index (χ0n) is 30.7. The summed E-state index contributed by atoms with van der Waals surface area (Å²) < 4.78 is 1.42. The Bertz CT molecular complexity index is 1940. The molecular formula is C42H51Cl2Si3Zr-. The predicted octanol–water partition coefficient (Wildman–Crippen LogP) is 4.12. The molecular weight excluding hydrogens is 751 g/mol. The molecule has 0 saturated carbocycles. The van der Waals surface area contributed by atoms with Crippen LogP contribution in [0.3, 0.4) is 0 Å². The molecule has 1 aliphatic carbocycles. The Morgan fingerprint density at radius 1 is 0.667 bits per heavy atom. The Morgan fingerprint density at radius 3 is 1.62 bits per heavy atom. The van der Waals surface area contributed by atoms with Gasteiger partial charge >= 0.3 is 99.2 Å². The van der Waals surface area contributed by atoms with Crippen LogP contribution in [0.25, 0.3) is 27.1 Å². The second-order valence-electron chi connectivity index (χ2n) is 16.1. The molecule has 0 bridgehead atoms. The van der Waals surface area contributed by atoms with Crippen LogP contribution in [0.4, 0.5) is 0 Å². The Balaban J connectivity index is 0.000000329. The number of fused-ring (bicyclic) bond motifs is 3. The first-order valence-corrected chi connectivity index (χ1v) is 28.5. The second-order valence-corrected chi connectivity index (χ2v) is 32.4. The van der Waals surface area contributed by atoms with Crippen LogP contribution in [-0.4, -0.2) is 27.4 Å².